The number of carbonyl (C=O) groups is 1. The number of aryl methyl sites for hydroxylation is 1. The average Bonchev–Trinajstić information content (AvgIpc) is 2.55. The Balaban J connectivity index is 0.00000338. The van der Waals surface area contributed by atoms with Gasteiger partial charge >= 0.3 is 6.36 Å². The van der Waals surface area contributed by atoms with Crippen LogP contribution in [-0.2, 0) is 11.2 Å². The molecule has 3 N–H and O–H groups in total. The van der Waals surface area contributed by atoms with E-state index in [-0.39, 0.29) is 24.1 Å². The third kappa shape index (κ3) is 6.93. The second-order valence-corrected chi connectivity index (χ2v) is 5.62. The molecule has 2 rings (SSSR count). The molecule has 4 nitrogen and oxygen atoms in total. The molecule has 0 bridgehead atoms. The van der Waals surface area contributed by atoms with E-state index in [1.165, 1.54) is 24.3 Å². The van der Waals surface area contributed by atoms with Crippen LogP contribution in [0.5, 0.6) is 5.75 Å². The zero-order valence-corrected chi connectivity index (χ0v) is 14.9. The molecule has 8 heteroatoms. The first kappa shape index (κ1) is 21.8. The van der Waals surface area contributed by atoms with Gasteiger partial charge in [-0.3, -0.25) is 4.79 Å². The van der Waals surface area contributed by atoms with E-state index in [0.29, 0.717) is 13.0 Å². The Morgan fingerprint density at radius 2 is 1.69 bits per heavy atom. The Bertz CT molecular complexity index is 704. The minimum Gasteiger partial charge on any atom is -0.406 e. The Morgan fingerprint density at radius 1 is 1.12 bits per heavy atom. The molecule has 0 aromatic heterocycles. The van der Waals surface area contributed by atoms with Crippen molar-refractivity contribution in [3.8, 4) is 5.75 Å². The van der Waals surface area contributed by atoms with E-state index in [4.69, 9.17) is 5.73 Å². The van der Waals surface area contributed by atoms with Gasteiger partial charge in [-0.1, -0.05) is 42.0 Å². The van der Waals surface area contributed by atoms with Gasteiger partial charge in [-0.05, 0) is 36.6 Å². The minimum absolute atomic E-state index is 0. The van der Waals surface area contributed by atoms with Gasteiger partial charge in [0.25, 0.3) is 0 Å². The fourth-order valence-electron chi connectivity index (χ4n) is 2.22. The third-order valence-electron chi connectivity index (χ3n) is 3.59. The maximum atomic E-state index is 12.1. The first-order valence-corrected chi connectivity index (χ1v) is 7.69. The van der Waals surface area contributed by atoms with Crippen LogP contribution >= 0.6 is 12.4 Å². The summed E-state index contributed by atoms with van der Waals surface area (Å²) in [5, 5.41) is 2.72. The molecule has 2 aromatic carbocycles. The van der Waals surface area contributed by atoms with Crippen molar-refractivity contribution in [1.29, 1.82) is 0 Å². The van der Waals surface area contributed by atoms with Crippen molar-refractivity contribution in [2.45, 2.75) is 25.7 Å². The van der Waals surface area contributed by atoms with Crippen molar-refractivity contribution >= 4 is 18.3 Å². The van der Waals surface area contributed by atoms with E-state index < -0.39 is 12.4 Å². The van der Waals surface area contributed by atoms with Crippen molar-refractivity contribution in [3.63, 3.8) is 0 Å². The van der Waals surface area contributed by atoms with Crippen LogP contribution in [0.15, 0.2) is 48.5 Å². The number of carbonyl (C=O) groups excluding carboxylic acids is 1. The summed E-state index contributed by atoms with van der Waals surface area (Å²) < 4.78 is 40.1. The monoisotopic (exact) mass is 388 g/mol. The zero-order valence-electron chi connectivity index (χ0n) is 14.0. The highest BCUT2D eigenvalue weighted by molar-refractivity contribution is 5.85. The van der Waals surface area contributed by atoms with Crippen molar-refractivity contribution in [1.82, 2.24) is 5.32 Å². The second kappa shape index (κ2) is 9.45. The van der Waals surface area contributed by atoms with E-state index in [1.807, 2.05) is 19.1 Å². The van der Waals surface area contributed by atoms with Gasteiger partial charge in [0, 0.05) is 6.54 Å². The molecule has 2 aromatic rings. The molecular formula is C18H20ClF3N2O2. The molecule has 26 heavy (non-hydrogen) atoms. The lowest BCUT2D eigenvalue weighted by atomic mass is 10.1. The van der Waals surface area contributed by atoms with Gasteiger partial charge in [-0.2, -0.15) is 0 Å². The Labute approximate surface area is 155 Å². The topological polar surface area (TPSA) is 64.4 Å². The van der Waals surface area contributed by atoms with Gasteiger partial charge in [0.15, 0.2) is 0 Å². The third-order valence-corrected chi connectivity index (χ3v) is 3.59. The van der Waals surface area contributed by atoms with E-state index in [2.05, 4.69) is 10.1 Å². The lowest BCUT2D eigenvalue weighted by Gasteiger charge is -2.13. The van der Waals surface area contributed by atoms with Gasteiger partial charge < -0.3 is 15.8 Å². The summed E-state index contributed by atoms with van der Waals surface area (Å²) in [4.78, 5) is 12.0. The summed E-state index contributed by atoms with van der Waals surface area (Å²) in [6.45, 7) is 2.28. The van der Waals surface area contributed by atoms with Gasteiger partial charge in [0.05, 0.1) is 0 Å². The van der Waals surface area contributed by atoms with Gasteiger partial charge in [0.1, 0.15) is 11.8 Å². The Morgan fingerprint density at radius 3 is 2.23 bits per heavy atom. The smallest absolute Gasteiger partial charge is 0.406 e. The Kier molecular flexibility index (Phi) is 7.92. The highest BCUT2D eigenvalue weighted by Crippen LogP contribution is 2.22. The maximum Gasteiger partial charge on any atom is 0.573 e. The number of nitrogens with one attached hydrogen (secondary N) is 1. The minimum atomic E-state index is -4.71. The first-order valence-electron chi connectivity index (χ1n) is 7.69. The average molecular weight is 389 g/mol. The number of alkyl halides is 3. The van der Waals surface area contributed by atoms with Crippen LogP contribution in [0.4, 0.5) is 13.2 Å². The van der Waals surface area contributed by atoms with Crippen LogP contribution in [0.3, 0.4) is 0 Å². The summed E-state index contributed by atoms with van der Waals surface area (Å²) >= 11 is 0. The van der Waals surface area contributed by atoms with Crippen LogP contribution in [0.1, 0.15) is 22.7 Å². The Hall–Kier alpha value is -2.25. The van der Waals surface area contributed by atoms with Crippen molar-refractivity contribution < 1.29 is 22.7 Å². The van der Waals surface area contributed by atoms with Crippen LogP contribution in [0, 0.1) is 6.92 Å². The van der Waals surface area contributed by atoms with Crippen molar-refractivity contribution in [2.75, 3.05) is 6.54 Å². The molecule has 0 saturated carbocycles. The van der Waals surface area contributed by atoms with Crippen LogP contribution in [-0.4, -0.2) is 18.8 Å². The quantitative estimate of drug-likeness (QED) is 0.793. The zero-order chi connectivity index (χ0) is 18.4. The molecule has 0 aliphatic heterocycles. The number of benzene rings is 2. The normalized spacial score (nSPS) is 12.0. The predicted molar refractivity (Wildman–Crippen MR) is 95.2 cm³/mol. The van der Waals surface area contributed by atoms with Gasteiger partial charge in [-0.15, -0.1) is 25.6 Å². The summed E-state index contributed by atoms with van der Waals surface area (Å²) in [5.74, 6) is -0.581. The molecule has 142 valence electrons. The fraction of sp³-hybridized carbons (Fsp3) is 0.278. The lowest BCUT2D eigenvalue weighted by Crippen LogP contribution is -2.35. The number of rotatable bonds is 6. The molecule has 0 aliphatic rings. The number of hydrogen-bond acceptors (Lipinski definition) is 3. The molecule has 0 saturated heterocycles. The molecule has 0 heterocycles. The second-order valence-electron chi connectivity index (χ2n) is 5.62. The number of amides is 1. The highest BCUT2D eigenvalue weighted by Gasteiger charge is 2.30. The van der Waals surface area contributed by atoms with Crippen molar-refractivity contribution in [2.24, 2.45) is 5.73 Å². The summed E-state index contributed by atoms with van der Waals surface area (Å²) in [5.41, 5.74) is 8.49. The predicted octanol–water partition coefficient (Wildman–Crippen LogP) is 3.67. The number of ether oxygens (including phenoxy) is 1. The van der Waals surface area contributed by atoms with Gasteiger partial charge in [-0.25, -0.2) is 0 Å². The number of halogens is 4. The lowest BCUT2D eigenvalue weighted by molar-refractivity contribution is -0.274. The summed E-state index contributed by atoms with van der Waals surface area (Å²) in [7, 11) is 0. The molecule has 0 radical (unpaired) electrons. The molecule has 0 fully saturated rings. The van der Waals surface area contributed by atoms with E-state index in [1.54, 1.807) is 12.1 Å². The first-order chi connectivity index (χ1) is 11.7. The number of nitrogens with two attached hydrogens (primary N) is 1. The SMILES string of the molecule is Cc1ccc(C(N)C(=O)NCCc2ccc(OC(F)(F)F)cc2)cc1.Cl. The standard InChI is InChI=1S/C18H19F3N2O2.ClH/c1-12-2-6-14(7-3-12)16(22)17(24)23-11-10-13-4-8-15(9-5-13)25-18(19,20)21;/h2-9,16H,10-11,22H2,1H3,(H,23,24);1H. The summed E-state index contributed by atoms with van der Waals surface area (Å²) in [6.07, 6.45) is -4.24. The molecule has 1 unspecified atom stereocenters. The van der Waals surface area contributed by atoms with E-state index in [9.17, 15) is 18.0 Å². The van der Waals surface area contributed by atoms with E-state index >= 15 is 0 Å². The maximum absolute atomic E-state index is 12.1. The van der Waals surface area contributed by atoms with E-state index in [0.717, 1.165) is 16.7 Å². The highest BCUT2D eigenvalue weighted by atomic mass is 35.5. The molecule has 0 aliphatic carbocycles. The molecular weight excluding hydrogens is 369 g/mol. The van der Waals surface area contributed by atoms with Crippen LogP contribution in [0.25, 0.3) is 0 Å². The molecule has 1 atom stereocenters. The largest absolute Gasteiger partial charge is 0.573 e. The van der Waals surface area contributed by atoms with Crippen molar-refractivity contribution in [3.05, 3.63) is 65.2 Å². The molecule has 0 spiro atoms. The van der Waals surface area contributed by atoms with Crippen LogP contribution in [0.2, 0.25) is 0 Å². The summed E-state index contributed by atoms with van der Waals surface area (Å²) in [6, 6.07) is 12.1. The van der Waals surface area contributed by atoms with Crippen LogP contribution < -0.4 is 15.8 Å². The molecule has 1 amide bonds. The fourth-order valence-corrected chi connectivity index (χ4v) is 2.22. The van der Waals surface area contributed by atoms with Gasteiger partial charge in [0.2, 0.25) is 5.91 Å². The number of hydrogen-bond donors (Lipinski definition) is 2.